The fourth-order valence-corrected chi connectivity index (χ4v) is 5.35. The van der Waals surface area contributed by atoms with Gasteiger partial charge in [0.1, 0.15) is 4.90 Å². The van der Waals surface area contributed by atoms with Crippen molar-refractivity contribution in [2.75, 3.05) is 13.1 Å². The van der Waals surface area contributed by atoms with Crippen LogP contribution in [-0.2, 0) is 16.6 Å². The molecule has 0 N–H and O–H groups in total. The first kappa shape index (κ1) is 15.5. The van der Waals surface area contributed by atoms with Gasteiger partial charge in [0.2, 0.25) is 10.0 Å². The van der Waals surface area contributed by atoms with Gasteiger partial charge in [-0.2, -0.15) is 9.40 Å². The molecule has 0 aromatic carbocycles. The van der Waals surface area contributed by atoms with E-state index < -0.39 is 10.0 Å². The molecule has 0 spiro atoms. The summed E-state index contributed by atoms with van der Waals surface area (Å²) in [7, 11) is -3.43. The molecule has 1 aliphatic rings. The topological polar surface area (TPSA) is 55.2 Å². The lowest BCUT2D eigenvalue weighted by atomic mass is 9.94. The Kier molecular flexibility index (Phi) is 4.25. The maximum atomic E-state index is 12.9. The van der Waals surface area contributed by atoms with Crippen molar-refractivity contribution >= 4 is 10.0 Å². The Bertz CT molecular complexity index is 582. The van der Waals surface area contributed by atoms with Crippen LogP contribution >= 0.6 is 0 Å². The predicted octanol–water partition coefficient (Wildman–Crippen LogP) is 2.19. The van der Waals surface area contributed by atoms with Crippen LogP contribution < -0.4 is 0 Å². The first-order chi connectivity index (χ1) is 9.27. The molecule has 1 aromatic rings. The third kappa shape index (κ3) is 2.63. The van der Waals surface area contributed by atoms with Crippen molar-refractivity contribution in [2.45, 2.75) is 52.5 Å². The Labute approximate surface area is 122 Å². The third-order valence-corrected chi connectivity index (χ3v) is 6.13. The van der Waals surface area contributed by atoms with E-state index in [0.717, 1.165) is 12.1 Å². The largest absolute Gasteiger partial charge is 0.268 e. The average molecular weight is 299 g/mol. The SMILES string of the molecule is CCn1nc(C)c(S(=O)(=O)N2C[C@@H](C)C[C@H](C)C2)c1C. The highest BCUT2D eigenvalue weighted by Crippen LogP contribution is 2.29. The Balaban J connectivity index is 2.42. The van der Waals surface area contributed by atoms with E-state index in [4.69, 9.17) is 0 Å². The predicted molar refractivity (Wildman–Crippen MR) is 79.1 cm³/mol. The molecule has 6 heteroatoms. The van der Waals surface area contributed by atoms with Crippen LogP contribution in [0.25, 0.3) is 0 Å². The van der Waals surface area contributed by atoms with E-state index in [-0.39, 0.29) is 0 Å². The lowest BCUT2D eigenvalue weighted by Crippen LogP contribution is -2.42. The molecule has 0 radical (unpaired) electrons. The van der Waals surface area contributed by atoms with E-state index in [1.165, 1.54) is 0 Å². The standard InChI is InChI=1S/C14H25N3O2S/c1-6-17-13(5)14(12(4)15-17)20(18,19)16-8-10(2)7-11(3)9-16/h10-11H,6-9H2,1-5H3/t10-,11-/m0/s1. The number of aryl methyl sites for hydroxylation is 2. The fourth-order valence-electron chi connectivity index (χ4n) is 3.29. The molecule has 0 amide bonds. The first-order valence-corrected chi connectivity index (χ1v) is 8.75. The summed E-state index contributed by atoms with van der Waals surface area (Å²) in [6.45, 7) is 11.7. The maximum Gasteiger partial charge on any atom is 0.246 e. The zero-order valence-electron chi connectivity index (χ0n) is 13.0. The second-order valence-electron chi connectivity index (χ2n) is 6.08. The summed E-state index contributed by atoms with van der Waals surface area (Å²) in [5.74, 6) is 0.825. The van der Waals surface area contributed by atoms with E-state index in [1.807, 2.05) is 13.8 Å². The summed E-state index contributed by atoms with van der Waals surface area (Å²) in [6, 6.07) is 0. The van der Waals surface area contributed by atoms with Crippen molar-refractivity contribution in [2.24, 2.45) is 11.8 Å². The first-order valence-electron chi connectivity index (χ1n) is 7.31. The van der Waals surface area contributed by atoms with Gasteiger partial charge in [-0.3, -0.25) is 4.68 Å². The summed E-state index contributed by atoms with van der Waals surface area (Å²) in [6.07, 6.45) is 1.10. The number of sulfonamides is 1. The lowest BCUT2D eigenvalue weighted by molar-refractivity contribution is 0.222. The zero-order chi connectivity index (χ0) is 15.1. The summed E-state index contributed by atoms with van der Waals surface area (Å²) in [5, 5.41) is 4.34. The molecule has 1 aromatic heterocycles. The third-order valence-electron chi connectivity index (χ3n) is 4.05. The summed E-state index contributed by atoms with van der Waals surface area (Å²) < 4.78 is 29.2. The molecule has 2 heterocycles. The van der Waals surface area contributed by atoms with Gasteiger partial charge < -0.3 is 0 Å². The average Bonchev–Trinajstić information content (AvgIpc) is 2.63. The van der Waals surface area contributed by atoms with Gasteiger partial charge in [-0.25, -0.2) is 8.42 Å². The Morgan fingerprint density at radius 1 is 1.20 bits per heavy atom. The Morgan fingerprint density at radius 2 is 1.75 bits per heavy atom. The lowest BCUT2D eigenvalue weighted by Gasteiger charge is -2.34. The fraction of sp³-hybridized carbons (Fsp3) is 0.786. The van der Waals surface area contributed by atoms with Gasteiger partial charge in [0.15, 0.2) is 0 Å². The van der Waals surface area contributed by atoms with Gasteiger partial charge in [0.05, 0.1) is 11.4 Å². The minimum atomic E-state index is -3.43. The maximum absolute atomic E-state index is 12.9. The van der Waals surface area contributed by atoms with E-state index in [9.17, 15) is 8.42 Å². The van der Waals surface area contributed by atoms with Crippen LogP contribution in [0.1, 0.15) is 38.6 Å². The molecular weight excluding hydrogens is 274 g/mol. The molecule has 2 rings (SSSR count). The molecule has 5 nitrogen and oxygen atoms in total. The molecule has 0 bridgehead atoms. The van der Waals surface area contributed by atoms with Crippen molar-refractivity contribution in [1.29, 1.82) is 0 Å². The number of piperidine rings is 1. The monoisotopic (exact) mass is 299 g/mol. The van der Waals surface area contributed by atoms with Gasteiger partial charge in [-0.05, 0) is 39.0 Å². The van der Waals surface area contributed by atoms with Gasteiger partial charge in [-0.1, -0.05) is 13.8 Å². The minimum Gasteiger partial charge on any atom is -0.268 e. The molecule has 1 aliphatic heterocycles. The van der Waals surface area contributed by atoms with Gasteiger partial charge >= 0.3 is 0 Å². The van der Waals surface area contributed by atoms with Crippen LogP contribution in [0, 0.1) is 25.7 Å². The van der Waals surface area contributed by atoms with Crippen LogP contribution in [0.15, 0.2) is 4.90 Å². The van der Waals surface area contributed by atoms with Crippen molar-refractivity contribution in [3.05, 3.63) is 11.4 Å². The summed E-state index contributed by atoms with van der Waals surface area (Å²) in [4.78, 5) is 0.403. The molecule has 20 heavy (non-hydrogen) atoms. The second-order valence-corrected chi connectivity index (χ2v) is 7.96. The smallest absolute Gasteiger partial charge is 0.246 e. The molecular formula is C14H25N3O2S. The van der Waals surface area contributed by atoms with E-state index in [2.05, 4.69) is 18.9 Å². The Morgan fingerprint density at radius 3 is 2.20 bits per heavy atom. The highest BCUT2D eigenvalue weighted by molar-refractivity contribution is 7.89. The molecule has 1 saturated heterocycles. The highest BCUT2D eigenvalue weighted by Gasteiger charge is 2.35. The molecule has 0 aliphatic carbocycles. The van der Waals surface area contributed by atoms with E-state index in [0.29, 0.717) is 42.1 Å². The summed E-state index contributed by atoms with van der Waals surface area (Å²) >= 11 is 0. The molecule has 114 valence electrons. The Hall–Kier alpha value is -0.880. The molecule has 0 unspecified atom stereocenters. The number of hydrogen-bond acceptors (Lipinski definition) is 3. The van der Waals surface area contributed by atoms with Crippen molar-refractivity contribution in [3.63, 3.8) is 0 Å². The van der Waals surface area contributed by atoms with Crippen LogP contribution in [0.5, 0.6) is 0 Å². The van der Waals surface area contributed by atoms with Crippen molar-refractivity contribution in [1.82, 2.24) is 14.1 Å². The van der Waals surface area contributed by atoms with Gasteiger partial charge in [0, 0.05) is 19.6 Å². The molecule has 2 atom stereocenters. The van der Waals surface area contributed by atoms with Crippen LogP contribution in [0.2, 0.25) is 0 Å². The van der Waals surface area contributed by atoms with Crippen LogP contribution in [-0.4, -0.2) is 35.6 Å². The number of nitrogens with zero attached hydrogens (tertiary/aromatic N) is 3. The van der Waals surface area contributed by atoms with Gasteiger partial charge in [0.25, 0.3) is 0 Å². The van der Waals surface area contributed by atoms with Gasteiger partial charge in [-0.15, -0.1) is 0 Å². The second kappa shape index (κ2) is 5.48. The van der Waals surface area contributed by atoms with Crippen LogP contribution in [0.3, 0.4) is 0 Å². The normalized spacial score (nSPS) is 25.1. The number of hydrogen-bond donors (Lipinski definition) is 0. The highest BCUT2D eigenvalue weighted by atomic mass is 32.2. The van der Waals surface area contributed by atoms with Crippen molar-refractivity contribution < 1.29 is 8.42 Å². The number of rotatable bonds is 3. The van der Waals surface area contributed by atoms with Crippen molar-refractivity contribution in [3.8, 4) is 0 Å². The molecule has 1 fully saturated rings. The quantitative estimate of drug-likeness (QED) is 0.859. The molecule has 0 saturated carbocycles. The zero-order valence-corrected chi connectivity index (χ0v) is 13.9. The number of aromatic nitrogens is 2. The summed E-state index contributed by atoms with van der Waals surface area (Å²) in [5.41, 5.74) is 1.35. The van der Waals surface area contributed by atoms with Crippen LogP contribution in [0.4, 0.5) is 0 Å². The van der Waals surface area contributed by atoms with E-state index >= 15 is 0 Å². The minimum absolute atomic E-state index is 0.403. The van der Waals surface area contributed by atoms with E-state index in [1.54, 1.807) is 15.9 Å².